The van der Waals surface area contributed by atoms with Gasteiger partial charge in [-0.3, -0.25) is 19.7 Å². The highest BCUT2D eigenvalue weighted by molar-refractivity contribution is 7.12. The van der Waals surface area contributed by atoms with Gasteiger partial charge >= 0.3 is 0 Å². The van der Waals surface area contributed by atoms with Crippen molar-refractivity contribution in [2.24, 2.45) is 0 Å². The first-order chi connectivity index (χ1) is 11.6. The highest BCUT2D eigenvalue weighted by atomic mass is 32.1. The summed E-state index contributed by atoms with van der Waals surface area (Å²) < 4.78 is 13.7. The number of carbonyl (C=O) groups is 1. The predicted octanol–water partition coefficient (Wildman–Crippen LogP) is 2.73. The lowest BCUT2D eigenvalue weighted by Gasteiger charge is -2.43. The summed E-state index contributed by atoms with van der Waals surface area (Å²) in [5.74, 6) is -0.584. The zero-order chi connectivity index (χ0) is 16.7. The van der Waals surface area contributed by atoms with E-state index >= 15 is 0 Å². The molecule has 3 unspecified atom stereocenters. The number of carbonyl (C=O) groups excluding carboxylic acids is 1. The van der Waals surface area contributed by atoms with Gasteiger partial charge < -0.3 is 4.90 Å². The van der Waals surface area contributed by atoms with Gasteiger partial charge in [-0.25, -0.2) is 4.39 Å². The molecular formula is C17H19FN4OS. The maximum atomic E-state index is 13.7. The third-order valence-electron chi connectivity index (χ3n) is 5.10. The van der Waals surface area contributed by atoms with Crippen LogP contribution in [0.4, 0.5) is 4.39 Å². The van der Waals surface area contributed by atoms with E-state index in [2.05, 4.69) is 21.8 Å². The lowest BCUT2D eigenvalue weighted by Crippen LogP contribution is -2.55. The van der Waals surface area contributed by atoms with Gasteiger partial charge in [-0.15, -0.1) is 11.3 Å². The van der Waals surface area contributed by atoms with E-state index in [9.17, 15) is 9.18 Å². The molecule has 2 saturated heterocycles. The summed E-state index contributed by atoms with van der Waals surface area (Å²) in [5, 5.41) is 1.63. The second kappa shape index (κ2) is 6.22. The quantitative estimate of drug-likeness (QED) is 0.857. The molecule has 5 nitrogen and oxygen atoms in total. The molecule has 2 aliphatic heterocycles. The summed E-state index contributed by atoms with van der Waals surface area (Å²) in [6, 6.07) is 2.13. The van der Waals surface area contributed by atoms with Crippen LogP contribution in [0.15, 0.2) is 30.0 Å². The number of aromatic nitrogens is 2. The van der Waals surface area contributed by atoms with Crippen LogP contribution in [0.1, 0.15) is 41.2 Å². The molecule has 2 fully saturated rings. The average molecular weight is 346 g/mol. The molecule has 0 spiro atoms. The monoisotopic (exact) mass is 346 g/mol. The summed E-state index contributed by atoms with van der Waals surface area (Å²) in [5.41, 5.74) is 0.957. The minimum Gasteiger partial charge on any atom is -0.335 e. The molecule has 7 heteroatoms. The molecule has 0 radical (unpaired) electrons. The van der Waals surface area contributed by atoms with Crippen LogP contribution in [0.2, 0.25) is 0 Å². The summed E-state index contributed by atoms with van der Waals surface area (Å²) in [7, 11) is 0. The highest BCUT2D eigenvalue weighted by Crippen LogP contribution is 2.37. The van der Waals surface area contributed by atoms with E-state index in [1.54, 1.807) is 17.8 Å². The number of fused-ring (bicyclic) bond motifs is 2. The molecule has 2 aromatic rings. The van der Waals surface area contributed by atoms with Crippen molar-refractivity contribution < 1.29 is 9.18 Å². The Morgan fingerprint density at radius 2 is 2.08 bits per heavy atom. The lowest BCUT2D eigenvalue weighted by atomic mass is 10.1. The SMILES string of the molecule is CC(c1cnccn1)N1C2CCC1CN(C(=O)c1sccc1F)C2. The Bertz CT molecular complexity index is 723. The van der Waals surface area contributed by atoms with Crippen LogP contribution in [0.25, 0.3) is 0 Å². The van der Waals surface area contributed by atoms with Crippen molar-refractivity contribution in [1.82, 2.24) is 19.8 Å². The molecule has 1 amide bonds. The molecule has 0 aromatic carbocycles. The zero-order valence-electron chi connectivity index (χ0n) is 13.4. The van der Waals surface area contributed by atoms with Gasteiger partial charge in [-0.05, 0) is 31.2 Å². The molecule has 3 atom stereocenters. The molecule has 4 rings (SSSR count). The van der Waals surface area contributed by atoms with E-state index < -0.39 is 5.82 Å². The van der Waals surface area contributed by atoms with Gasteiger partial charge in [0.15, 0.2) is 0 Å². The Hall–Kier alpha value is -1.86. The van der Waals surface area contributed by atoms with Crippen molar-refractivity contribution in [3.05, 3.63) is 46.4 Å². The van der Waals surface area contributed by atoms with Crippen molar-refractivity contribution in [3.63, 3.8) is 0 Å². The van der Waals surface area contributed by atoms with Gasteiger partial charge in [-0.2, -0.15) is 0 Å². The number of thiophene rings is 1. The predicted molar refractivity (Wildman–Crippen MR) is 89.3 cm³/mol. The van der Waals surface area contributed by atoms with E-state index in [4.69, 9.17) is 0 Å². The van der Waals surface area contributed by atoms with Crippen molar-refractivity contribution in [1.29, 1.82) is 0 Å². The fourth-order valence-corrected chi connectivity index (χ4v) is 4.74. The first-order valence-electron chi connectivity index (χ1n) is 8.20. The number of nitrogens with zero attached hydrogens (tertiary/aromatic N) is 4. The Morgan fingerprint density at radius 1 is 1.33 bits per heavy atom. The minimum absolute atomic E-state index is 0.173. The number of likely N-dealkylation sites (tertiary alicyclic amines) is 1. The second-order valence-electron chi connectivity index (χ2n) is 6.45. The first kappa shape index (κ1) is 15.7. The number of hydrogen-bond donors (Lipinski definition) is 0. The topological polar surface area (TPSA) is 49.3 Å². The Morgan fingerprint density at radius 3 is 2.67 bits per heavy atom. The summed E-state index contributed by atoms with van der Waals surface area (Å²) in [6.45, 7) is 3.44. The van der Waals surface area contributed by atoms with Crippen LogP contribution >= 0.6 is 11.3 Å². The van der Waals surface area contributed by atoms with E-state index in [-0.39, 0.29) is 16.8 Å². The average Bonchev–Trinajstić information content (AvgIpc) is 3.14. The molecule has 0 aliphatic carbocycles. The number of hydrogen-bond acceptors (Lipinski definition) is 5. The molecule has 4 heterocycles. The Balaban J connectivity index is 1.52. The number of amides is 1. The van der Waals surface area contributed by atoms with Crippen LogP contribution in [0, 0.1) is 5.82 Å². The molecule has 24 heavy (non-hydrogen) atoms. The van der Waals surface area contributed by atoms with Crippen molar-refractivity contribution in [2.75, 3.05) is 13.1 Å². The van der Waals surface area contributed by atoms with Crippen molar-refractivity contribution >= 4 is 17.2 Å². The van der Waals surface area contributed by atoms with Gasteiger partial charge in [0.2, 0.25) is 0 Å². The maximum absolute atomic E-state index is 13.7. The van der Waals surface area contributed by atoms with E-state index in [0.717, 1.165) is 18.5 Å². The first-order valence-corrected chi connectivity index (χ1v) is 9.08. The molecule has 0 saturated carbocycles. The highest BCUT2D eigenvalue weighted by Gasteiger charge is 2.44. The Kier molecular flexibility index (Phi) is 4.05. The summed E-state index contributed by atoms with van der Waals surface area (Å²) in [4.78, 5) is 25.7. The van der Waals surface area contributed by atoms with E-state index in [0.29, 0.717) is 25.2 Å². The van der Waals surface area contributed by atoms with Gasteiger partial charge in [0, 0.05) is 43.8 Å². The fourth-order valence-electron chi connectivity index (χ4n) is 4.00. The molecule has 2 aromatic heterocycles. The standard InChI is InChI=1S/C17H19FN4OS/c1-11(15-8-19-5-6-20-15)22-12-2-3-13(22)10-21(9-12)17(23)16-14(18)4-7-24-16/h4-8,11-13H,2-3,9-10H2,1H3. The van der Waals surface area contributed by atoms with Crippen LogP contribution in [0.5, 0.6) is 0 Å². The van der Waals surface area contributed by atoms with Gasteiger partial charge in [0.25, 0.3) is 5.91 Å². The molecule has 2 aliphatic rings. The fraction of sp³-hybridized carbons (Fsp3) is 0.471. The van der Waals surface area contributed by atoms with Crippen molar-refractivity contribution in [2.45, 2.75) is 37.9 Å². The number of rotatable bonds is 3. The van der Waals surface area contributed by atoms with Gasteiger partial charge in [0.1, 0.15) is 10.7 Å². The van der Waals surface area contributed by atoms with Gasteiger partial charge in [0.05, 0.1) is 11.7 Å². The van der Waals surface area contributed by atoms with Crippen LogP contribution in [-0.4, -0.2) is 50.8 Å². The molecular weight excluding hydrogens is 327 g/mol. The van der Waals surface area contributed by atoms with E-state index in [1.165, 1.54) is 17.4 Å². The third kappa shape index (κ3) is 2.61. The molecule has 2 bridgehead atoms. The smallest absolute Gasteiger partial charge is 0.267 e. The number of halogens is 1. The largest absolute Gasteiger partial charge is 0.335 e. The second-order valence-corrected chi connectivity index (χ2v) is 7.36. The molecule has 126 valence electrons. The summed E-state index contributed by atoms with van der Waals surface area (Å²) in [6.07, 6.45) is 7.32. The van der Waals surface area contributed by atoms with Crippen LogP contribution in [0.3, 0.4) is 0 Å². The lowest BCUT2D eigenvalue weighted by molar-refractivity contribution is 0.0294. The van der Waals surface area contributed by atoms with Gasteiger partial charge in [-0.1, -0.05) is 0 Å². The van der Waals surface area contributed by atoms with Crippen LogP contribution in [-0.2, 0) is 0 Å². The maximum Gasteiger partial charge on any atom is 0.267 e. The molecule has 0 N–H and O–H groups in total. The summed E-state index contributed by atoms with van der Waals surface area (Å²) >= 11 is 1.18. The third-order valence-corrected chi connectivity index (χ3v) is 5.97. The minimum atomic E-state index is -0.410. The normalized spacial score (nSPS) is 25.0. The Labute approximate surface area is 144 Å². The zero-order valence-corrected chi connectivity index (χ0v) is 14.2. The number of piperazine rings is 1. The van der Waals surface area contributed by atoms with Crippen LogP contribution < -0.4 is 0 Å². The van der Waals surface area contributed by atoms with E-state index in [1.807, 2.05) is 11.1 Å². The van der Waals surface area contributed by atoms with Crippen molar-refractivity contribution in [3.8, 4) is 0 Å².